The molecule has 1 atom stereocenters. The third-order valence-electron chi connectivity index (χ3n) is 3.65. The molecule has 8 heteroatoms. The van der Waals surface area contributed by atoms with E-state index in [0.29, 0.717) is 24.9 Å². The molecule has 23 heavy (non-hydrogen) atoms. The molecule has 0 amide bonds. The quantitative estimate of drug-likeness (QED) is 0.661. The second-order valence-corrected chi connectivity index (χ2v) is 6.39. The summed E-state index contributed by atoms with van der Waals surface area (Å²) in [6.45, 7) is 7.89. The molecule has 7 nitrogen and oxygen atoms in total. The van der Waals surface area contributed by atoms with E-state index < -0.39 is 0 Å². The van der Waals surface area contributed by atoms with Gasteiger partial charge < -0.3 is 9.26 Å². The van der Waals surface area contributed by atoms with Gasteiger partial charge in [-0.1, -0.05) is 5.16 Å². The first-order chi connectivity index (χ1) is 11.1. The molecule has 1 unspecified atom stereocenters. The van der Waals surface area contributed by atoms with Gasteiger partial charge in [-0.15, -0.1) is 11.3 Å². The first-order valence-corrected chi connectivity index (χ1v) is 8.50. The van der Waals surface area contributed by atoms with Crippen LogP contribution in [-0.2, 0) is 17.8 Å². The number of fused-ring (bicyclic) bond motifs is 1. The molecule has 0 radical (unpaired) electrons. The summed E-state index contributed by atoms with van der Waals surface area (Å²) in [6, 6.07) is 0. The monoisotopic (exact) mass is 335 g/mol. The number of aryl methyl sites for hydroxylation is 1. The van der Waals surface area contributed by atoms with Gasteiger partial charge in [0.05, 0.1) is 17.9 Å². The van der Waals surface area contributed by atoms with Gasteiger partial charge in [-0.3, -0.25) is 9.30 Å². The van der Waals surface area contributed by atoms with Crippen LogP contribution in [-0.4, -0.2) is 38.1 Å². The average molecular weight is 335 g/mol. The van der Waals surface area contributed by atoms with Crippen LogP contribution in [0, 0.1) is 6.92 Å². The van der Waals surface area contributed by atoms with Crippen LogP contribution >= 0.6 is 11.3 Å². The minimum Gasteiger partial charge on any atom is -0.371 e. The molecule has 0 aliphatic carbocycles. The highest BCUT2D eigenvalue weighted by Gasteiger charge is 2.17. The first-order valence-electron chi connectivity index (χ1n) is 7.62. The van der Waals surface area contributed by atoms with Crippen molar-refractivity contribution in [2.75, 3.05) is 13.7 Å². The lowest BCUT2D eigenvalue weighted by Gasteiger charge is -2.14. The van der Waals surface area contributed by atoms with Crippen LogP contribution < -0.4 is 0 Å². The number of ether oxygens (including phenoxy) is 1. The molecule has 0 aromatic carbocycles. The zero-order valence-corrected chi connectivity index (χ0v) is 14.6. The standard InChI is InChI=1S/C15H21N5O2S/c1-5-21-11(3)14-17-13(22-18-14)9-19(4)8-12-10(2)16-15-20(12)6-7-23-15/h6-7,11H,5,8-9H2,1-4H3. The number of nitrogens with zero attached hydrogens (tertiary/aromatic N) is 5. The maximum absolute atomic E-state index is 5.48. The van der Waals surface area contributed by atoms with Crippen LogP contribution in [0.25, 0.3) is 4.96 Å². The Morgan fingerprint density at radius 1 is 1.39 bits per heavy atom. The highest BCUT2D eigenvalue weighted by atomic mass is 32.1. The van der Waals surface area contributed by atoms with Gasteiger partial charge >= 0.3 is 0 Å². The van der Waals surface area contributed by atoms with Crippen molar-refractivity contribution < 1.29 is 9.26 Å². The van der Waals surface area contributed by atoms with E-state index in [9.17, 15) is 0 Å². The molecule has 3 aromatic heterocycles. The normalized spacial score (nSPS) is 13.3. The summed E-state index contributed by atoms with van der Waals surface area (Å²) >= 11 is 1.64. The minimum atomic E-state index is -0.148. The molecular formula is C15H21N5O2S. The zero-order chi connectivity index (χ0) is 16.4. The van der Waals surface area contributed by atoms with Crippen LogP contribution in [0.5, 0.6) is 0 Å². The lowest BCUT2D eigenvalue weighted by Crippen LogP contribution is -2.19. The summed E-state index contributed by atoms with van der Waals surface area (Å²) in [6.07, 6.45) is 1.91. The van der Waals surface area contributed by atoms with Gasteiger partial charge in [0.15, 0.2) is 10.8 Å². The lowest BCUT2D eigenvalue weighted by molar-refractivity contribution is 0.0683. The van der Waals surface area contributed by atoms with Crippen molar-refractivity contribution in [3.05, 3.63) is 34.7 Å². The summed E-state index contributed by atoms with van der Waals surface area (Å²) in [7, 11) is 2.03. The number of rotatable bonds is 7. The number of hydrogen-bond donors (Lipinski definition) is 0. The summed E-state index contributed by atoms with van der Waals surface area (Å²) in [4.78, 5) is 12.1. The van der Waals surface area contributed by atoms with Gasteiger partial charge in [0, 0.05) is 24.7 Å². The van der Waals surface area contributed by atoms with Gasteiger partial charge in [0.25, 0.3) is 0 Å². The molecule has 0 saturated carbocycles. The molecule has 3 rings (SSSR count). The van der Waals surface area contributed by atoms with Gasteiger partial charge in [-0.2, -0.15) is 4.98 Å². The van der Waals surface area contributed by atoms with E-state index in [-0.39, 0.29) is 6.10 Å². The van der Waals surface area contributed by atoms with E-state index >= 15 is 0 Å². The van der Waals surface area contributed by atoms with Crippen LogP contribution in [0.3, 0.4) is 0 Å². The summed E-state index contributed by atoms with van der Waals surface area (Å²) in [5.41, 5.74) is 2.24. The van der Waals surface area contributed by atoms with Crippen molar-refractivity contribution in [2.24, 2.45) is 0 Å². The number of thiazole rings is 1. The Morgan fingerprint density at radius 2 is 2.22 bits per heavy atom. The Morgan fingerprint density at radius 3 is 3.00 bits per heavy atom. The van der Waals surface area contributed by atoms with E-state index in [1.807, 2.05) is 33.2 Å². The highest BCUT2D eigenvalue weighted by Crippen LogP contribution is 2.19. The summed E-state index contributed by atoms with van der Waals surface area (Å²) in [5.74, 6) is 1.19. The lowest BCUT2D eigenvalue weighted by atomic mass is 10.3. The molecule has 0 spiro atoms. The summed E-state index contributed by atoms with van der Waals surface area (Å²) < 4.78 is 12.9. The second-order valence-electron chi connectivity index (χ2n) is 5.52. The Hall–Kier alpha value is -1.77. The van der Waals surface area contributed by atoms with Crippen molar-refractivity contribution >= 4 is 16.3 Å². The summed E-state index contributed by atoms with van der Waals surface area (Å²) in [5, 5.41) is 6.04. The molecule has 0 aliphatic rings. The third-order valence-corrected chi connectivity index (χ3v) is 4.41. The number of imidazole rings is 1. The van der Waals surface area contributed by atoms with Gasteiger partial charge in [-0.05, 0) is 27.8 Å². The molecule has 3 aromatic rings. The fraction of sp³-hybridized carbons (Fsp3) is 0.533. The Kier molecular flexibility index (Phi) is 4.74. The van der Waals surface area contributed by atoms with Crippen molar-refractivity contribution in [3.63, 3.8) is 0 Å². The maximum Gasteiger partial charge on any atom is 0.240 e. The Bertz CT molecular complexity index is 778. The predicted octanol–water partition coefficient (Wildman–Crippen LogP) is 2.82. The van der Waals surface area contributed by atoms with E-state index in [2.05, 4.69) is 30.6 Å². The molecule has 0 bridgehead atoms. The largest absolute Gasteiger partial charge is 0.371 e. The van der Waals surface area contributed by atoms with Crippen LogP contribution in [0.1, 0.15) is 43.1 Å². The first kappa shape index (κ1) is 16.1. The van der Waals surface area contributed by atoms with Crippen LogP contribution in [0.4, 0.5) is 0 Å². The molecule has 0 N–H and O–H groups in total. The number of hydrogen-bond acceptors (Lipinski definition) is 7. The smallest absolute Gasteiger partial charge is 0.240 e. The molecular weight excluding hydrogens is 314 g/mol. The number of aromatic nitrogens is 4. The van der Waals surface area contributed by atoms with E-state index in [1.54, 1.807) is 11.3 Å². The van der Waals surface area contributed by atoms with E-state index in [1.165, 1.54) is 5.69 Å². The Balaban J connectivity index is 1.66. The topological polar surface area (TPSA) is 68.7 Å². The van der Waals surface area contributed by atoms with Gasteiger partial charge in [0.1, 0.15) is 6.10 Å². The van der Waals surface area contributed by atoms with Crippen molar-refractivity contribution in [2.45, 2.75) is 40.0 Å². The Labute approximate surface area is 138 Å². The highest BCUT2D eigenvalue weighted by molar-refractivity contribution is 7.15. The minimum absolute atomic E-state index is 0.148. The maximum atomic E-state index is 5.48. The predicted molar refractivity (Wildman–Crippen MR) is 87.3 cm³/mol. The van der Waals surface area contributed by atoms with Gasteiger partial charge in [0.2, 0.25) is 5.89 Å². The van der Waals surface area contributed by atoms with Crippen molar-refractivity contribution in [3.8, 4) is 0 Å². The van der Waals surface area contributed by atoms with Crippen molar-refractivity contribution in [1.82, 2.24) is 24.4 Å². The van der Waals surface area contributed by atoms with Crippen LogP contribution in [0.2, 0.25) is 0 Å². The average Bonchev–Trinajstić information content (AvgIpc) is 3.19. The molecule has 0 fully saturated rings. The SMILES string of the molecule is CCOC(C)c1noc(CN(C)Cc2c(C)nc3sccn23)n1. The third kappa shape index (κ3) is 3.44. The zero-order valence-electron chi connectivity index (χ0n) is 13.8. The molecule has 0 aliphatic heterocycles. The van der Waals surface area contributed by atoms with E-state index in [4.69, 9.17) is 9.26 Å². The molecule has 124 valence electrons. The fourth-order valence-electron chi connectivity index (χ4n) is 2.50. The van der Waals surface area contributed by atoms with Gasteiger partial charge in [-0.25, -0.2) is 4.98 Å². The molecule has 0 saturated heterocycles. The second kappa shape index (κ2) is 6.77. The molecule has 3 heterocycles. The fourth-order valence-corrected chi connectivity index (χ4v) is 3.27. The van der Waals surface area contributed by atoms with Crippen molar-refractivity contribution in [1.29, 1.82) is 0 Å². The van der Waals surface area contributed by atoms with E-state index in [0.717, 1.165) is 17.2 Å². The van der Waals surface area contributed by atoms with Crippen LogP contribution in [0.15, 0.2) is 16.1 Å².